The van der Waals surface area contributed by atoms with Gasteiger partial charge >= 0.3 is 0 Å². The highest BCUT2D eigenvalue weighted by Gasteiger charge is 2.23. The first kappa shape index (κ1) is 32.8. The van der Waals surface area contributed by atoms with E-state index in [2.05, 4.69) is 18.7 Å². The maximum Gasteiger partial charge on any atom is 0.106 e. The van der Waals surface area contributed by atoms with Crippen LogP contribution in [0.15, 0.2) is 128 Å². The zero-order chi connectivity index (χ0) is 26.7. The monoisotopic (exact) mass is 534 g/mol. The highest BCUT2D eigenvalue weighted by atomic mass is 35.5. The van der Waals surface area contributed by atoms with Gasteiger partial charge in [-0.25, -0.2) is 0 Å². The number of epoxide rings is 1. The van der Waals surface area contributed by atoms with Gasteiger partial charge in [0.1, 0.15) is 12.2 Å². The fraction of sp³-hybridized carbons (Fsp3) is 0.212. The average molecular weight is 535 g/mol. The third-order valence-corrected chi connectivity index (χ3v) is 5.52. The third kappa shape index (κ3) is 13.3. The van der Waals surface area contributed by atoms with Crippen LogP contribution in [0.2, 0.25) is 0 Å². The minimum absolute atomic E-state index is 0. The number of hydrogen-bond acceptors (Lipinski definition) is 4. The molecular formula is C33H39ClO4. The molecule has 1 heterocycles. The van der Waals surface area contributed by atoms with Gasteiger partial charge in [0.15, 0.2) is 0 Å². The smallest absolute Gasteiger partial charge is 0.106 e. The first-order chi connectivity index (χ1) is 18.1. The molecule has 5 rings (SSSR count). The molecule has 0 aromatic heterocycles. The Labute approximate surface area is 232 Å². The maximum atomic E-state index is 9.20. The second-order valence-corrected chi connectivity index (χ2v) is 8.35. The molecule has 3 unspecified atom stereocenters. The van der Waals surface area contributed by atoms with Crippen molar-refractivity contribution in [3.05, 3.63) is 150 Å². The Balaban J connectivity index is 0.000000252. The molecule has 5 heteroatoms. The van der Waals surface area contributed by atoms with Crippen molar-refractivity contribution in [3.8, 4) is 0 Å². The van der Waals surface area contributed by atoms with Gasteiger partial charge in [-0.15, -0.1) is 11.6 Å². The summed E-state index contributed by atoms with van der Waals surface area (Å²) in [5.74, 6) is 0.254. The van der Waals surface area contributed by atoms with Crippen LogP contribution in [0.1, 0.15) is 48.0 Å². The van der Waals surface area contributed by atoms with Crippen LogP contribution in [0.3, 0.4) is 0 Å². The molecule has 4 aromatic carbocycles. The van der Waals surface area contributed by atoms with Crippen molar-refractivity contribution in [1.82, 2.24) is 0 Å². The van der Waals surface area contributed by atoms with E-state index in [1.54, 1.807) is 12.1 Å². The number of hydrogen-bond donors (Lipinski definition) is 3. The largest absolute Gasteiger partial charge is 0.393 e. The summed E-state index contributed by atoms with van der Waals surface area (Å²) in [5.41, 5.74) is 4.10. The van der Waals surface area contributed by atoms with Crippen LogP contribution in [0.25, 0.3) is 6.08 Å². The summed E-state index contributed by atoms with van der Waals surface area (Å²) in [6.45, 7) is 4.32. The van der Waals surface area contributed by atoms with Crippen LogP contribution in [0, 0.1) is 0 Å². The number of alkyl halides is 1. The first-order valence-electron chi connectivity index (χ1n) is 12.1. The lowest BCUT2D eigenvalue weighted by Gasteiger charge is -2.05. The van der Waals surface area contributed by atoms with Crippen molar-refractivity contribution in [2.75, 3.05) is 19.1 Å². The molecule has 1 saturated heterocycles. The van der Waals surface area contributed by atoms with E-state index in [1.165, 1.54) is 11.1 Å². The second kappa shape index (κ2) is 19.8. The third-order valence-electron chi connectivity index (χ3n) is 5.23. The predicted octanol–water partition coefficient (Wildman–Crippen LogP) is 7.39. The normalized spacial score (nSPS) is 14.3. The van der Waals surface area contributed by atoms with E-state index >= 15 is 0 Å². The Hall–Kier alpha value is -3.25. The average Bonchev–Trinajstić information content (AvgIpc) is 3.85. The summed E-state index contributed by atoms with van der Waals surface area (Å²) >= 11 is 5.44. The summed E-state index contributed by atoms with van der Waals surface area (Å²) in [4.78, 5) is 0. The van der Waals surface area contributed by atoms with E-state index in [1.807, 2.05) is 103 Å². The number of halogens is 1. The van der Waals surface area contributed by atoms with Crippen LogP contribution >= 0.6 is 11.6 Å². The lowest BCUT2D eigenvalue weighted by atomic mass is 10.1. The van der Waals surface area contributed by atoms with E-state index in [4.69, 9.17) is 26.6 Å². The molecule has 4 nitrogen and oxygen atoms in total. The Morgan fingerprint density at radius 1 is 0.737 bits per heavy atom. The van der Waals surface area contributed by atoms with Crippen molar-refractivity contribution in [2.45, 2.75) is 25.7 Å². The first-order valence-corrected chi connectivity index (χ1v) is 12.6. The summed E-state index contributed by atoms with van der Waals surface area (Å²) in [6.07, 6.45) is 0.982. The molecule has 0 bridgehead atoms. The highest BCUT2D eigenvalue weighted by molar-refractivity contribution is 6.18. The maximum absolute atomic E-state index is 9.20. The SMILES string of the molecule is C.C=Cc1ccccc1.OC(CCl)c1ccccc1.OCC(O)c1ccccc1.c1ccc(C2CO2)cc1. The van der Waals surface area contributed by atoms with Crippen LogP contribution in [0.5, 0.6) is 0 Å². The Morgan fingerprint density at radius 3 is 1.47 bits per heavy atom. The number of aliphatic hydroxyl groups excluding tert-OH is 3. The topological polar surface area (TPSA) is 73.2 Å². The van der Waals surface area contributed by atoms with Crippen molar-refractivity contribution >= 4 is 17.7 Å². The Kier molecular flexibility index (Phi) is 17.1. The van der Waals surface area contributed by atoms with Crippen molar-refractivity contribution in [3.63, 3.8) is 0 Å². The fourth-order valence-electron chi connectivity index (χ4n) is 3.04. The summed E-state index contributed by atoms with van der Waals surface area (Å²) in [7, 11) is 0. The summed E-state index contributed by atoms with van der Waals surface area (Å²) < 4.78 is 5.09. The Morgan fingerprint density at radius 2 is 1.13 bits per heavy atom. The lowest BCUT2D eigenvalue weighted by molar-refractivity contribution is 0.0956. The fourth-order valence-corrected chi connectivity index (χ4v) is 3.22. The number of ether oxygens (including phenoxy) is 1. The molecule has 202 valence electrons. The molecule has 38 heavy (non-hydrogen) atoms. The van der Waals surface area contributed by atoms with Gasteiger partial charge in [0.05, 0.1) is 25.2 Å². The zero-order valence-corrected chi connectivity index (χ0v) is 21.6. The van der Waals surface area contributed by atoms with E-state index < -0.39 is 12.2 Å². The van der Waals surface area contributed by atoms with Crippen molar-refractivity contribution in [1.29, 1.82) is 0 Å². The quantitative estimate of drug-likeness (QED) is 0.178. The molecule has 0 amide bonds. The summed E-state index contributed by atoms with van der Waals surface area (Å²) in [6, 6.07) is 38.8. The molecule has 0 saturated carbocycles. The Bertz CT molecular complexity index is 1040. The van der Waals surface area contributed by atoms with Crippen LogP contribution in [-0.4, -0.2) is 34.4 Å². The van der Waals surface area contributed by atoms with Gasteiger partial charge < -0.3 is 20.1 Å². The molecule has 0 radical (unpaired) electrons. The molecule has 4 aromatic rings. The minimum Gasteiger partial charge on any atom is -0.393 e. The number of rotatable bonds is 6. The molecular weight excluding hydrogens is 496 g/mol. The molecule has 0 aliphatic carbocycles. The van der Waals surface area contributed by atoms with Gasteiger partial charge in [-0.2, -0.15) is 0 Å². The van der Waals surface area contributed by atoms with Gasteiger partial charge in [0, 0.05) is 0 Å². The molecule has 0 spiro atoms. The van der Waals surface area contributed by atoms with Gasteiger partial charge in [-0.3, -0.25) is 0 Å². The number of benzene rings is 4. The number of aliphatic hydroxyl groups is 3. The van der Waals surface area contributed by atoms with Gasteiger partial charge in [0.2, 0.25) is 0 Å². The lowest BCUT2D eigenvalue weighted by Crippen LogP contribution is -2.01. The predicted molar refractivity (Wildman–Crippen MR) is 159 cm³/mol. The van der Waals surface area contributed by atoms with E-state index in [-0.39, 0.29) is 19.9 Å². The van der Waals surface area contributed by atoms with Crippen molar-refractivity contribution in [2.24, 2.45) is 0 Å². The van der Waals surface area contributed by atoms with E-state index in [0.717, 1.165) is 17.7 Å². The molecule has 1 fully saturated rings. The summed E-state index contributed by atoms with van der Waals surface area (Å²) in [5, 5.41) is 26.8. The van der Waals surface area contributed by atoms with Gasteiger partial charge in [-0.05, 0) is 22.3 Å². The molecule has 3 atom stereocenters. The van der Waals surface area contributed by atoms with Gasteiger partial charge in [-0.1, -0.05) is 141 Å². The highest BCUT2D eigenvalue weighted by Crippen LogP contribution is 2.28. The zero-order valence-electron chi connectivity index (χ0n) is 20.8. The van der Waals surface area contributed by atoms with Crippen LogP contribution < -0.4 is 0 Å². The van der Waals surface area contributed by atoms with Gasteiger partial charge in [0.25, 0.3) is 0 Å². The van der Waals surface area contributed by atoms with E-state index in [0.29, 0.717) is 6.10 Å². The molecule has 1 aliphatic heterocycles. The standard InChI is InChI=1S/C8H9ClO.C8H10O2.C8H8O.C8H8.CH4/c2*9-6-8(10)7-4-2-1-3-5-7;1-2-4-7(5-3-1)8-6-9-8;1-2-8-6-4-3-5-7-8;/h1-5,8,10H,6H2;1-5,8-10H,6H2;1-5,8H,6H2;2-7H,1H2;1H4. The second-order valence-electron chi connectivity index (χ2n) is 8.04. The van der Waals surface area contributed by atoms with Crippen molar-refractivity contribution < 1.29 is 20.1 Å². The van der Waals surface area contributed by atoms with E-state index in [9.17, 15) is 5.11 Å². The minimum atomic E-state index is -0.735. The van der Waals surface area contributed by atoms with Crippen LogP contribution in [-0.2, 0) is 4.74 Å². The molecule has 1 aliphatic rings. The van der Waals surface area contributed by atoms with Crippen LogP contribution in [0.4, 0.5) is 0 Å². The molecule has 3 N–H and O–H groups in total.